The molecule has 184 valence electrons. The predicted octanol–water partition coefficient (Wildman–Crippen LogP) is 5.91. The zero-order chi connectivity index (χ0) is 25.9. The number of phenols is 1. The van der Waals surface area contributed by atoms with E-state index in [1.54, 1.807) is 56.5 Å². The van der Waals surface area contributed by atoms with Crippen LogP contribution in [-0.4, -0.2) is 31.1 Å². The monoisotopic (exact) mass is 505 g/mol. The molecule has 4 aromatic rings. The number of amides is 1. The van der Waals surface area contributed by atoms with Gasteiger partial charge in [0, 0.05) is 23.7 Å². The maximum absolute atomic E-state index is 13.2. The summed E-state index contributed by atoms with van der Waals surface area (Å²) in [5.74, 6) is -1.01. The summed E-state index contributed by atoms with van der Waals surface area (Å²) < 4.78 is 38.4. The maximum atomic E-state index is 13.2. The van der Waals surface area contributed by atoms with Crippen LogP contribution in [-0.2, 0) is 21.5 Å². The van der Waals surface area contributed by atoms with E-state index in [-0.39, 0.29) is 23.5 Å². The molecule has 0 heterocycles. The number of phenolic OH excluding ortho intramolecular Hbond substituents is 1. The van der Waals surface area contributed by atoms with Crippen molar-refractivity contribution in [2.24, 2.45) is 10.2 Å². The summed E-state index contributed by atoms with van der Waals surface area (Å²) in [6.45, 7) is 1.95. The van der Waals surface area contributed by atoms with Crippen LogP contribution in [0.4, 0.5) is 17.1 Å². The number of ether oxygens (including phenoxy) is 1. The van der Waals surface area contributed by atoms with Crippen molar-refractivity contribution in [3.05, 3.63) is 89.5 Å². The molecule has 0 unspecified atom stereocenters. The number of carbonyl (C=O) groups excluding carboxylic acids is 1. The SMILES string of the molecule is COCc1ccccc1NC(=O)c1cc2ccccc2c(N=Nc2ccc(C)cc2S(=O)(=O)O)c1O. The van der Waals surface area contributed by atoms with Crippen LogP contribution in [0.5, 0.6) is 5.75 Å². The van der Waals surface area contributed by atoms with Crippen LogP contribution in [0.25, 0.3) is 10.8 Å². The number of para-hydroxylation sites is 1. The van der Waals surface area contributed by atoms with Crippen molar-refractivity contribution in [1.29, 1.82) is 0 Å². The second-order valence-corrected chi connectivity index (χ2v) is 9.42. The Morgan fingerprint density at radius 2 is 1.72 bits per heavy atom. The van der Waals surface area contributed by atoms with E-state index in [1.165, 1.54) is 18.2 Å². The lowest BCUT2D eigenvalue weighted by Crippen LogP contribution is -2.14. The van der Waals surface area contributed by atoms with Gasteiger partial charge in [-0.25, -0.2) is 0 Å². The van der Waals surface area contributed by atoms with Crippen LogP contribution >= 0.6 is 0 Å². The molecule has 0 atom stereocenters. The third-order valence-electron chi connectivity index (χ3n) is 5.46. The Bertz CT molecular complexity index is 1600. The van der Waals surface area contributed by atoms with Gasteiger partial charge in [-0.1, -0.05) is 48.5 Å². The van der Waals surface area contributed by atoms with E-state index in [0.29, 0.717) is 22.0 Å². The summed E-state index contributed by atoms with van der Waals surface area (Å²) >= 11 is 0. The van der Waals surface area contributed by atoms with Crippen molar-refractivity contribution in [1.82, 2.24) is 0 Å². The van der Waals surface area contributed by atoms with Crippen molar-refractivity contribution in [2.75, 3.05) is 12.4 Å². The lowest BCUT2D eigenvalue weighted by molar-refractivity contribution is 0.102. The molecule has 36 heavy (non-hydrogen) atoms. The van der Waals surface area contributed by atoms with Crippen LogP contribution in [0.3, 0.4) is 0 Å². The van der Waals surface area contributed by atoms with Gasteiger partial charge in [-0.2, -0.15) is 8.42 Å². The Labute approximate surface area is 207 Å². The van der Waals surface area contributed by atoms with Gasteiger partial charge in [0.15, 0.2) is 5.75 Å². The number of benzene rings is 4. The summed E-state index contributed by atoms with van der Waals surface area (Å²) in [5, 5.41) is 23.0. The molecular formula is C26H23N3O6S. The molecular weight excluding hydrogens is 482 g/mol. The number of hydrogen-bond acceptors (Lipinski definition) is 7. The Morgan fingerprint density at radius 1 is 1.00 bits per heavy atom. The number of nitrogens with one attached hydrogen (secondary N) is 1. The zero-order valence-corrected chi connectivity index (χ0v) is 20.3. The average Bonchev–Trinajstić information content (AvgIpc) is 2.84. The van der Waals surface area contributed by atoms with Gasteiger partial charge in [0.25, 0.3) is 16.0 Å². The molecule has 4 aromatic carbocycles. The Kier molecular flexibility index (Phi) is 7.11. The van der Waals surface area contributed by atoms with Crippen LogP contribution in [0.15, 0.2) is 87.9 Å². The maximum Gasteiger partial charge on any atom is 0.296 e. The fourth-order valence-electron chi connectivity index (χ4n) is 3.72. The predicted molar refractivity (Wildman–Crippen MR) is 136 cm³/mol. The highest BCUT2D eigenvalue weighted by atomic mass is 32.2. The van der Waals surface area contributed by atoms with E-state index in [1.807, 2.05) is 12.1 Å². The third kappa shape index (κ3) is 5.25. The Morgan fingerprint density at radius 3 is 2.47 bits per heavy atom. The smallest absolute Gasteiger partial charge is 0.296 e. The lowest BCUT2D eigenvalue weighted by Gasteiger charge is -2.13. The van der Waals surface area contributed by atoms with Gasteiger partial charge in [0.2, 0.25) is 0 Å². The van der Waals surface area contributed by atoms with Gasteiger partial charge in [0.1, 0.15) is 16.3 Å². The fourth-order valence-corrected chi connectivity index (χ4v) is 4.43. The Balaban J connectivity index is 1.81. The molecule has 1 amide bonds. The number of rotatable bonds is 7. The van der Waals surface area contributed by atoms with E-state index in [9.17, 15) is 22.9 Å². The molecule has 0 aliphatic heterocycles. The molecule has 0 aliphatic carbocycles. The van der Waals surface area contributed by atoms with Crippen LogP contribution in [0, 0.1) is 6.92 Å². The molecule has 9 nitrogen and oxygen atoms in total. The topological polar surface area (TPSA) is 138 Å². The number of azo groups is 1. The van der Waals surface area contributed by atoms with Gasteiger partial charge in [-0.05, 0) is 42.1 Å². The van der Waals surface area contributed by atoms with E-state index in [0.717, 1.165) is 5.56 Å². The Hall–Kier alpha value is -4.12. The van der Waals surface area contributed by atoms with Gasteiger partial charge >= 0.3 is 0 Å². The molecule has 3 N–H and O–H groups in total. The molecule has 0 spiro atoms. The van der Waals surface area contributed by atoms with Crippen molar-refractivity contribution in [2.45, 2.75) is 18.4 Å². The molecule has 10 heteroatoms. The van der Waals surface area contributed by atoms with Gasteiger partial charge in [-0.3, -0.25) is 9.35 Å². The zero-order valence-electron chi connectivity index (χ0n) is 19.5. The van der Waals surface area contributed by atoms with E-state index in [2.05, 4.69) is 15.5 Å². The van der Waals surface area contributed by atoms with Gasteiger partial charge in [0.05, 0.1) is 12.2 Å². The summed E-state index contributed by atoms with van der Waals surface area (Å²) in [4.78, 5) is 12.8. The molecule has 0 aliphatic rings. The highest BCUT2D eigenvalue weighted by molar-refractivity contribution is 7.86. The van der Waals surface area contributed by atoms with E-state index < -0.39 is 26.7 Å². The number of methoxy groups -OCH3 is 1. The molecule has 0 bridgehead atoms. The average molecular weight is 506 g/mol. The number of aryl methyl sites for hydroxylation is 1. The lowest BCUT2D eigenvalue weighted by atomic mass is 10.0. The molecule has 0 saturated heterocycles. The summed E-state index contributed by atoms with van der Waals surface area (Å²) in [5.41, 5.74) is 1.69. The largest absolute Gasteiger partial charge is 0.505 e. The molecule has 4 rings (SSSR count). The summed E-state index contributed by atoms with van der Waals surface area (Å²) in [6, 6.07) is 19.9. The van der Waals surface area contributed by atoms with Gasteiger partial charge < -0.3 is 15.2 Å². The number of nitrogens with zero attached hydrogens (tertiary/aromatic N) is 2. The fraction of sp³-hybridized carbons (Fsp3) is 0.115. The van der Waals surface area contributed by atoms with E-state index >= 15 is 0 Å². The summed E-state index contributed by atoms with van der Waals surface area (Å²) in [7, 11) is -3.02. The van der Waals surface area contributed by atoms with Crippen LogP contribution in [0.2, 0.25) is 0 Å². The van der Waals surface area contributed by atoms with E-state index in [4.69, 9.17) is 4.74 Å². The second-order valence-electron chi connectivity index (χ2n) is 8.03. The van der Waals surface area contributed by atoms with Crippen molar-refractivity contribution < 1.29 is 27.6 Å². The first-order valence-corrected chi connectivity index (χ1v) is 12.3. The quantitative estimate of drug-likeness (QED) is 0.211. The number of fused-ring (bicyclic) bond motifs is 1. The molecule has 0 saturated carbocycles. The van der Waals surface area contributed by atoms with Crippen LogP contribution in [0.1, 0.15) is 21.5 Å². The molecule has 0 radical (unpaired) electrons. The normalized spacial score (nSPS) is 11.8. The first-order valence-electron chi connectivity index (χ1n) is 10.8. The minimum absolute atomic E-state index is 0.0229. The number of carbonyl (C=O) groups is 1. The highest BCUT2D eigenvalue weighted by Crippen LogP contribution is 2.40. The number of aromatic hydroxyl groups is 1. The van der Waals surface area contributed by atoms with Crippen molar-refractivity contribution >= 4 is 43.9 Å². The second kappa shape index (κ2) is 10.2. The molecule has 0 aromatic heterocycles. The first kappa shape index (κ1) is 25.0. The molecule has 0 fully saturated rings. The summed E-state index contributed by atoms with van der Waals surface area (Å²) in [6.07, 6.45) is 0. The van der Waals surface area contributed by atoms with Crippen molar-refractivity contribution in [3.63, 3.8) is 0 Å². The van der Waals surface area contributed by atoms with Crippen molar-refractivity contribution in [3.8, 4) is 5.75 Å². The highest BCUT2D eigenvalue weighted by Gasteiger charge is 2.20. The minimum Gasteiger partial charge on any atom is -0.505 e. The third-order valence-corrected chi connectivity index (χ3v) is 6.34. The minimum atomic E-state index is -4.57. The first-order chi connectivity index (χ1) is 17.2. The standard InChI is InChI=1S/C26H23N3O6S/c1-16-11-12-22(23(13-16)36(32,33)34)28-29-24-19-9-5-3-7-17(19)14-20(25(24)30)26(31)27-21-10-6-4-8-18(21)15-35-2/h3-14,30H,15H2,1-2H3,(H,27,31)(H,32,33,34). The van der Waals surface area contributed by atoms with Gasteiger partial charge in [-0.15, -0.1) is 10.2 Å². The number of anilines is 1. The number of hydrogen-bond donors (Lipinski definition) is 3. The van der Waals surface area contributed by atoms with Crippen LogP contribution < -0.4 is 5.32 Å².